The van der Waals surface area contributed by atoms with Gasteiger partial charge in [0.1, 0.15) is 11.6 Å². The van der Waals surface area contributed by atoms with Gasteiger partial charge in [0.15, 0.2) is 0 Å². The van der Waals surface area contributed by atoms with Gasteiger partial charge >= 0.3 is 5.97 Å². The Hall–Kier alpha value is -1.47. The maximum atomic E-state index is 10.5. The van der Waals surface area contributed by atoms with Gasteiger partial charge in [0.2, 0.25) is 0 Å². The first-order valence-corrected chi connectivity index (χ1v) is 6.74. The minimum absolute atomic E-state index is 0.224. The Morgan fingerprint density at radius 2 is 2.00 bits per heavy atom. The summed E-state index contributed by atoms with van der Waals surface area (Å²) >= 11 is 0. The van der Waals surface area contributed by atoms with E-state index >= 15 is 0 Å². The minimum Gasteiger partial charge on any atom is -0.481 e. The zero-order chi connectivity index (χ0) is 13.7. The molecule has 0 saturated carbocycles. The molecule has 0 aliphatic carbocycles. The fourth-order valence-corrected chi connectivity index (χ4v) is 2.20. The molecule has 1 aliphatic rings. The summed E-state index contributed by atoms with van der Waals surface area (Å²) in [6, 6.07) is 0. The van der Waals surface area contributed by atoms with Crippen molar-refractivity contribution in [1.29, 1.82) is 0 Å². The molecule has 1 saturated heterocycles. The average Bonchev–Trinajstić information content (AvgIpc) is 2.85. The highest BCUT2D eigenvalue weighted by molar-refractivity contribution is 5.66. The molecule has 2 N–H and O–H groups in total. The lowest BCUT2D eigenvalue weighted by Crippen LogP contribution is -2.46. The van der Waals surface area contributed by atoms with Gasteiger partial charge in [-0.15, -0.1) is 0 Å². The number of aryl methyl sites for hydroxylation is 1. The Bertz CT molecular complexity index is 412. The van der Waals surface area contributed by atoms with Gasteiger partial charge in [-0.05, 0) is 0 Å². The van der Waals surface area contributed by atoms with E-state index in [9.17, 15) is 4.79 Å². The number of aromatic amines is 1. The number of aromatic nitrogens is 3. The van der Waals surface area contributed by atoms with Crippen LogP contribution in [0, 0.1) is 0 Å². The Labute approximate surface area is 112 Å². The Balaban J connectivity index is 1.72. The largest absolute Gasteiger partial charge is 0.481 e. The van der Waals surface area contributed by atoms with Gasteiger partial charge in [0, 0.05) is 39.1 Å². The van der Waals surface area contributed by atoms with Crippen molar-refractivity contribution in [1.82, 2.24) is 25.0 Å². The van der Waals surface area contributed by atoms with E-state index < -0.39 is 5.97 Å². The van der Waals surface area contributed by atoms with Crippen molar-refractivity contribution in [2.45, 2.75) is 26.3 Å². The van der Waals surface area contributed by atoms with E-state index in [0.717, 1.165) is 50.8 Å². The van der Waals surface area contributed by atoms with Crippen LogP contribution >= 0.6 is 0 Å². The summed E-state index contributed by atoms with van der Waals surface area (Å²) < 4.78 is 0. The van der Waals surface area contributed by atoms with E-state index in [1.165, 1.54) is 0 Å². The summed E-state index contributed by atoms with van der Waals surface area (Å²) in [5.41, 5.74) is 0. The van der Waals surface area contributed by atoms with Crippen LogP contribution in [0.25, 0.3) is 0 Å². The smallest absolute Gasteiger partial charge is 0.304 e. The molecule has 0 unspecified atom stereocenters. The van der Waals surface area contributed by atoms with E-state index in [0.29, 0.717) is 6.54 Å². The second kappa shape index (κ2) is 6.63. The maximum Gasteiger partial charge on any atom is 0.304 e. The topological polar surface area (TPSA) is 85.4 Å². The second-order valence-corrected chi connectivity index (χ2v) is 4.81. The van der Waals surface area contributed by atoms with Crippen LogP contribution in [0.5, 0.6) is 0 Å². The van der Waals surface area contributed by atoms with Crippen LogP contribution in [0.3, 0.4) is 0 Å². The number of aliphatic carboxylic acids is 1. The summed E-state index contributed by atoms with van der Waals surface area (Å²) in [5, 5.41) is 15.7. The molecule has 0 aromatic carbocycles. The third-order valence-corrected chi connectivity index (χ3v) is 3.37. The number of rotatable bonds is 6. The summed E-state index contributed by atoms with van der Waals surface area (Å²) in [6.45, 7) is 7.20. The second-order valence-electron chi connectivity index (χ2n) is 4.81. The van der Waals surface area contributed by atoms with Crippen molar-refractivity contribution in [3.63, 3.8) is 0 Å². The van der Waals surface area contributed by atoms with E-state index in [4.69, 9.17) is 5.11 Å². The molecule has 0 atom stereocenters. The monoisotopic (exact) mass is 267 g/mol. The van der Waals surface area contributed by atoms with E-state index in [-0.39, 0.29) is 6.42 Å². The zero-order valence-corrected chi connectivity index (χ0v) is 11.3. The molecular formula is C12H21N5O2. The molecular weight excluding hydrogens is 246 g/mol. The Kier molecular flexibility index (Phi) is 4.86. The molecule has 1 aromatic heterocycles. The van der Waals surface area contributed by atoms with Crippen molar-refractivity contribution >= 4 is 5.97 Å². The van der Waals surface area contributed by atoms with E-state index in [1.54, 1.807) is 0 Å². The first-order valence-electron chi connectivity index (χ1n) is 6.74. The maximum absolute atomic E-state index is 10.5. The third-order valence-electron chi connectivity index (χ3n) is 3.37. The molecule has 1 fully saturated rings. The predicted octanol–water partition coefficient (Wildman–Crippen LogP) is -0.0406. The molecule has 19 heavy (non-hydrogen) atoms. The molecule has 0 radical (unpaired) electrons. The molecule has 0 amide bonds. The van der Waals surface area contributed by atoms with Gasteiger partial charge in [-0.25, -0.2) is 4.98 Å². The summed E-state index contributed by atoms with van der Waals surface area (Å²) in [5.74, 6) is 1.04. The van der Waals surface area contributed by atoms with Crippen LogP contribution in [0.2, 0.25) is 0 Å². The van der Waals surface area contributed by atoms with Crippen molar-refractivity contribution in [2.24, 2.45) is 0 Å². The molecule has 2 heterocycles. The van der Waals surface area contributed by atoms with E-state index in [2.05, 4.69) is 25.0 Å². The van der Waals surface area contributed by atoms with Crippen LogP contribution in [0.4, 0.5) is 0 Å². The summed E-state index contributed by atoms with van der Waals surface area (Å²) in [7, 11) is 0. The SMILES string of the molecule is CCc1n[nH]c(CN2CCN(CCC(=O)O)CC2)n1. The highest BCUT2D eigenvalue weighted by Crippen LogP contribution is 2.06. The van der Waals surface area contributed by atoms with Crippen molar-refractivity contribution in [3.8, 4) is 0 Å². The highest BCUT2D eigenvalue weighted by atomic mass is 16.4. The number of carboxylic acid groups (broad SMARTS) is 1. The van der Waals surface area contributed by atoms with Crippen LogP contribution < -0.4 is 0 Å². The van der Waals surface area contributed by atoms with Gasteiger partial charge < -0.3 is 10.0 Å². The number of nitrogens with zero attached hydrogens (tertiary/aromatic N) is 4. The fraction of sp³-hybridized carbons (Fsp3) is 0.750. The third kappa shape index (κ3) is 4.29. The van der Waals surface area contributed by atoms with Crippen LogP contribution in [0.1, 0.15) is 25.0 Å². The van der Waals surface area contributed by atoms with Gasteiger partial charge in [0.25, 0.3) is 0 Å². The lowest BCUT2D eigenvalue weighted by Gasteiger charge is -2.33. The first kappa shape index (κ1) is 14.0. The van der Waals surface area contributed by atoms with Crippen molar-refractivity contribution in [2.75, 3.05) is 32.7 Å². The number of hydrogen-bond acceptors (Lipinski definition) is 5. The number of carbonyl (C=O) groups is 1. The first-order chi connectivity index (χ1) is 9.17. The lowest BCUT2D eigenvalue weighted by atomic mass is 10.3. The molecule has 0 bridgehead atoms. The highest BCUT2D eigenvalue weighted by Gasteiger charge is 2.18. The number of nitrogens with one attached hydrogen (secondary N) is 1. The van der Waals surface area contributed by atoms with Crippen LogP contribution in [0.15, 0.2) is 0 Å². The molecule has 1 aliphatic heterocycles. The Morgan fingerprint density at radius 1 is 1.32 bits per heavy atom. The van der Waals surface area contributed by atoms with E-state index in [1.807, 2.05) is 6.92 Å². The Morgan fingerprint density at radius 3 is 2.58 bits per heavy atom. The zero-order valence-electron chi connectivity index (χ0n) is 11.3. The molecule has 0 spiro atoms. The predicted molar refractivity (Wildman–Crippen MR) is 69.7 cm³/mol. The molecule has 7 heteroatoms. The number of H-pyrrole nitrogens is 1. The van der Waals surface area contributed by atoms with Gasteiger partial charge in [-0.2, -0.15) is 5.10 Å². The normalized spacial score (nSPS) is 17.7. The molecule has 2 rings (SSSR count). The fourth-order valence-electron chi connectivity index (χ4n) is 2.20. The van der Waals surface area contributed by atoms with Gasteiger partial charge in [0.05, 0.1) is 13.0 Å². The summed E-state index contributed by atoms with van der Waals surface area (Å²) in [6.07, 6.45) is 1.07. The lowest BCUT2D eigenvalue weighted by molar-refractivity contribution is -0.137. The van der Waals surface area contributed by atoms with Gasteiger partial charge in [-0.1, -0.05) is 6.92 Å². The van der Waals surface area contributed by atoms with Crippen molar-refractivity contribution < 1.29 is 9.90 Å². The van der Waals surface area contributed by atoms with Crippen LogP contribution in [-0.4, -0.2) is 68.8 Å². The number of carboxylic acids is 1. The minimum atomic E-state index is -0.726. The quantitative estimate of drug-likeness (QED) is 0.752. The number of piperazine rings is 1. The summed E-state index contributed by atoms with van der Waals surface area (Å²) in [4.78, 5) is 19.4. The molecule has 1 aromatic rings. The standard InChI is InChI=1S/C12H21N5O2/c1-2-10-13-11(15-14-10)9-17-7-5-16(6-8-17)4-3-12(18)19/h2-9H2,1H3,(H,18,19)(H,13,14,15). The average molecular weight is 267 g/mol. The van der Waals surface area contributed by atoms with Gasteiger partial charge in [-0.3, -0.25) is 14.8 Å². The van der Waals surface area contributed by atoms with Crippen LogP contribution in [-0.2, 0) is 17.8 Å². The van der Waals surface area contributed by atoms with Crippen molar-refractivity contribution in [3.05, 3.63) is 11.6 Å². The molecule has 106 valence electrons. The molecule has 7 nitrogen and oxygen atoms in total. The number of hydrogen-bond donors (Lipinski definition) is 2.